The first-order valence-corrected chi connectivity index (χ1v) is 10.8. The summed E-state index contributed by atoms with van der Waals surface area (Å²) >= 11 is 0. The molecule has 0 fully saturated rings. The zero-order chi connectivity index (χ0) is 22.1. The highest BCUT2D eigenvalue weighted by Gasteiger charge is 2.11. The van der Waals surface area contributed by atoms with Crippen LogP contribution in [-0.4, -0.2) is 11.6 Å². The fraction of sp³-hybridized carbons (Fsp3) is 0.481. The van der Waals surface area contributed by atoms with Crippen LogP contribution in [0.5, 0.6) is 0 Å². The summed E-state index contributed by atoms with van der Waals surface area (Å²) in [5.74, 6) is 1.77. The lowest BCUT2D eigenvalue weighted by Gasteiger charge is -2.08. The molecule has 2 aromatic carbocycles. The minimum atomic E-state index is 0.0809. The van der Waals surface area contributed by atoms with Gasteiger partial charge in [0.05, 0.1) is 0 Å². The third-order valence-corrected chi connectivity index (χ3v) is 5.00. The highest BCUT2D eigenvalue weighted by Crippen LogP contribution is 2.18. The first kappa shape index (κ1) is 24.8. The molecule has 0 radical (unpaired) electrons. The van der Waals surface area contributed by atoms with Gasteiger partial charge in [0.25, 0.3) is 0 Å². The molecule has 0 saturated heterocycles. The molecule has 2 heteroatoms. The largest absolute Gasteiger partial charge is 0.299 e. The third kappa shape index (κ3) is 8.35. The van der Waals surface area contributed by atoms with Crippen LogP contribution >= 0.6 is 0 Å². The summed E-state index contributed by atoms with van der Waals surface area (Å²) in [7, 11) is 0. The van der Waals surface area contributed by atoms with Gasteiger partial charge in [0.2, 0.25) is 0 Å². The van der Waals surface area contributed by atoms with E-state index in [2.05, 4.69) is 45.9 Å². The Bertz CT molecular complexity index is 798. The number of benzene rings is 2. The van der Waals surface area contributed by atoms with E-state index in [1.54, 1.807) is 0 Å². The maximum atomic E-state index is 11.7. The van der Waals surface area contributed by atoms with Crippen LogP contribution in [0, 0.1) is 11.8 Å². The van der Waals surface area contributed by atoms with Gasteiger partial charge in [0.15, 0.2) is 5.78 Å². The van der Waals surface area contributed by atoms with E-state index in [-0.39, 0.29) is 17.6 Å². The molecule has 0 unspecified atom stereocenters. The summed E-state index contributed by atoms with van der Waals surface area (Å²) in [6, 6.07) is 16.3. The average molecular weight is 395 g/mol. The van der Waals surface area contributed by atoms with Crippen molar-refractivity contribution in [3.8, 4) is 0 Å². The lowest BCUT2D eigenvalue weighted by molar-refractivity contribution is -0.121. The minimum Gasteiger partial charge on any atom is -0.299 e. The summed E-state index contributed by atoms with van der Waals surface area (Å²) in [4.78, 5) is 23.3. The van der Waals surface area contributed by atoms with Gasteiger partial charge in [-0.05, 0) is 34.6 Å². The van der Waals surface area contributed by atoms with Gasteiger partial charge in [-0.3, -0.25) is 9.59 Å². The van der Waals surface area contributed by atoms with Crippen LogP contribution in [0.4, 0.5) is 0 Å². The number of ketones is 2. The second-order valence-electron chi connectivity index (χ2n) is 9.00. The van der Waals surface area contributed by atoms with Crippen molar-refractivity contribution in [3.63, 3.8) is 0 Å². The molecule has 0 spiro atoms. The van der Waals surface area contributed by atoms with Gasteiger partial charge in [-0.25, -0.2) is 0 Å². The Hall–Kier alpha value is -2.22. The van der Waals surface area contributed by atoms with Crippen molar-refractivity contribution >= 4 is 11.6 Å². The molecule has 0 bridgehead atoms. The van der Waals surface area contributed by atoms with E-state index >= 15 is 0 Å². The van der Waals surface area contributed by atoms with Gasteiger partial charge in [-0.15, -0.1) is 0 Å². The van der Waals surface area contributed by atoms with Crippen LogP contribution in [0.25, 0.3) is 0 Å². The maximum absolute atomic E-state index is 11.7. The first-order valence-electron chi connectivity index (χ1n) is 10.8. The van der Waals surface area contributed by atoms with E-state index in [1.807, 2.05) is 58.0 Å². The van der Waals surface area contributed by atoms with Crippen LogP contribution in [0.2, 0.25) is 0 Å². The molecule has 0 aliphatic carbocycles. The number of carbonyl (C=O) groups is 2. The minimum absolute atomic E-state index is 0.0809. The second kappa shape index (κ2) is 11.7. The van der Waals surface area contributed by atoms with Crippen molar-refractivity contribution in [1.82, 2.24) is 0 Å². The van der Waals surface area contributed by atoms with E-state index in [0.29, 0.717) is 24.0 Å². The first-order chi connectivity index (χ1) is 13.5. The Morgan fingerprint density at radius 1 is 0.690 bits per heavy atom. The zero-order valence-corrected chi connectivity index (χ0v) is 19.5. The third-order valence-electron chi connectivity index (χ3n) is 5.00. The number of hydrogen-bond donors (Lipinski definition) is 0. The van der Waals surface area contributed by atoms with Crippen LogP contribution in [0.1, 0.15) is 94.3 Å². The topological polar surface area (TPSA) is 34.1 Å². The molecule has 0 atom stereocenters. The van der Waals surface area contributed by atoms with Gasteiger partial charge in [-0.2, -0.15) is 0 Å². The molecule has 2 rings (SSSR count). The molecule has 0 N–H and O–H groups in total. The molecular formula is C27H38O2. The summed E-state index contributed by atoms with van der Waals surface area (Å²) in [6.45, 7) is 16.4. The van der Waals surface area contributed by atoms with Gasteiger partial charge in [0, 0.05) is 23.8 Å². The normalized spacial score (nSPS) is 11.0. The van der Waals surface area contributed by atoms with E-state index < -0.39 is 0 Å². The van der Waals surface area contributed by atoms with E-state index in [9.17, 15) is 9.59 Å². The van der Waals surface area contributed by atoms with Crippen molar-refractivity contribution in [3.05, 3.63) is 70.8 Å². The Kier molecular flexibility index (Phi) is 10.0. The van der Waals surface area contributed by atoms with Gasteiger partial charge >= 0.3 is 0 Å². The molecule has 0 aliphatic heterocycles. The lowest BCUT2D eigenvalue weighted by Crippen LogP contribution is -2.10. The number of rotatable bonds is 7. The zero-order valence-electron chi connectivity index (χ0n) is 19.5. The summed E-state index contributed by atoms with van der Waals surface area (Å²) in [5, 5.41) is 0. The predicted octanol–water partition coefficient (Wildman–Crippen LogP) is 7.23. The maximum Gasteiger partial charge on any atom is 0.165 e. The molecule has 2 aromatic rings. The van der Waals surface area contributed by atoms with E-state index in [1.165, 1.54) is 11.1 Å². The van der Waals surface area contributed by atoms with Crippen molar-refractivity contribution in [2.24, 2.45) is 11.8 Å². The van der Waals surface area contributed by atoms with Gasteiger partial charge in [0.1, 0.15) is 5.78 Å². The van der Waals surface area contributed by atoms with E-state index in [4.69, 9.17) is 0 Å². The monoisotopic (exact) mass is 394 g/mol. The van der Waals surface area contributed by atoms with E-state index in [0.717, 1.165) is 11.1 Å². The van der Waals surface area contributed by atoms with Crippen LogP contribution < -0.4 is 0 Å². The van der Waals surface area contributed by atoms with Crippen LogP contribution in [0.3, 0.4) is 0 Å². The Labute approximate surface area is 177 Å². The number of carbonyl (C=O) groups excluding carboxylic acids is 2. The molecule has 0 amide bonds. The SMILES string of the molecule is CC(C)C(=O)Cc1cccc(C(C)C)c1.CC(C)C(=O)c1cccc(C(C)C)c1. The number of Topliss-reactive ketones (excluding diaryl/α,β-unsaturated/α-hetero) is 2. The Morgan fingerprint density at radius 2 is 1.21 bits per heavy atom. The van der Waals surface area contributed by atoms with Gasteiger partial charge < -0.3 is 0 Å². The van der Waals surface area contributed by atoms with Gasteiger partial charge in [-0.1, -0.05) is 97.9 Å². The second-order valence-corrected chi connectivity index (χ2v) is 9.00. The highest BCUT2D eigenvalue weighted by atomic mass is 16.1. The standard InChI is InChI=1S/C14H20O.C13H18O/c1-10(2)13-7-5-6-12(8-13)9-14(15)11(3)4;1-9(2)11-6-5-7-12(8-11)13(14)10(3)4/h5-8,10-11H,9H2,1-4H3;5-10H,1-4H3. The fourth-order valence-electron chi connectivity index (χ4n) is 2.85. The van der Waals surface area contributed by atoms with Crippen molar-refractivity contribution in [1.29, 1.82) is 0 Å². The summed E-state index contributed by atoms with van der Waals surface area (Å²) in [5.41, 5.74) is 4.52. The molecule has 0 aliphatic rings. The molecule has 29 heavy (non-hydrogen) atoms. The summed E-state index contributed by atoms with van der Waals surface area (Å²) < 4.78 is 0. The summed E-state index contributed by atoms with van der Waals surface area (Å²) in [6.07, 6.45) is 0.568. The quantitative estimate of drug-likeness (QED) is 0.464. The Morgan fingerprint density at radius 3 is 1.69 bits per heavy atom. The molecule has 0 saturated carbocycles. The fourth-order valence-corrected chi connectivity index (χ4v) is 2.85. The highest BCUT2D eigenvalue weighted by molar-refractivity contribution is 5.97. The van der Waals surface area contributed by atoms with Crippen LogP contribution in [-0.2, 0) is 11.2 Å². The average Bonchev–Trinajstić information content (AvgIpc) is 2.68. The molecule has 2 nitrogen and oxygen atoms in total. The molecule has 0 aromatic heterocycles. The number of hydrogen-bond acceptors (Lipinski definition) is 2. The smallest absolute Gasteiger partial charge is 0.165 e. The van der Waals surface area contributed by atoms with Crippen molar-refractivity contribution in [2.45, 2.75) is 73.6 Å². The Balaban J connectivity index is 0.000000291. The van der Waals surface area contributed by atoms with Crippen molar-refractivity contribution in [2.75, 3.05) is 0 Å². The van der Waals surface area contributed by atoms with Crippen LogP contribution in [0.15, 0.2) is 48.5 Å². The molecular weight excluding hydrogens is 356 g/mol. The lowest BCUT2D eigenvalue weighted by atomic mass is 9.96. The van der Waals surface area contributed by atoms with Crippen molar-refractivity contribution < 1.29 is 9.59 Å². The molecule has 158 valence electrons. The predicted molar refractivity (Wildman–Crippen MR) is 124 cm³/mol. The molecule has 0 heterocycles.